The fourth-order valence-corrected chi connectivity index (χ4v) is 3.56. The maximum Gasteiger partial charge on any atom is 0.244 e. The average Bonchev–Trinajstić information content (AvgIpc) is 2.40. The summed E-state index contributed by atoms with van der Waals surface area (Å²) in [4.78, 5) is 11.1. The largest absolute Gasteiger partial charge is 0.495 e. The molecular weight excluding hydrogens is 304 g/mol. The van der Waals surface area contributed by atoms with Crippen LogP contribution in [-0.2, 0) is 14.8 Å². The lowest BCUT2D eigenvalue weighted by Crippen LogP contribution is -2.47. The molecule has 1 atom stereocenters. The highest BCUT2D eigenvalue weighted by atomic mass is 35.5. The minimum Gasteiger partial charge on any atom is -0.495 e. The second-order valence-electron chi connectivity index (χ2n) is 4.46. The van der Waals surface area contributed by atoms with Crippen LogP contribution in [-0.4, -0.2) is 34.0 Å². The van der Waals surface area contributed by atoms with E-state index in [2.05, 4.69) is 10.0 Å². The van der Waals surface area contributed by atoms with Crippen molar-refractivity contribution in [3.63, 3.8) is 0 Å². The molecule has 1 heterocycles. The fraction of sp³-hybridized carbons (Fsp3) is 0.417. The van der Waals surface area contributed by atoms with Crippen LogP contribution in [0.2, 0.25) is 5.02 Å². The van der Waals surface area contributed by atoms with E-state index in [1.807, 2.05) is 0 Å². The Hall–Kier alpha value is -1.31. The smallest absolute Gasteiger partial charge is 0.244 e. The quantitative estimate of drug-likeness (QED) is 0.864. The maximum absolute atomic E-state index is 12.3. The van der Waals surface area contributed by atoms with Gasteiger partial charge in [0.25, 0.3) is 0 Å². The summed E-state index contributed by atoms with van der Waals surface area (Å²) in [6.07, 6.45) is 0.784. The first-order chi connectivity index (χ1) is 9.42. The van der Waals surface area contributed by atoms with Crippen LogP contribution in [0, 0.1) is 0 Å². The summed E-state index contributed by atoms with van der Waals surface area (Å²) in [5.74, 6) is 0.120. The predicted molar refractivity (Wildman–Crippen MR) is 74.4 cm³/mol. The number of carbonyl (C=O) groups is 1. The van der Waals surface area contributed by atoms with Crippen molar-refractivity contribution in [1.82, 2.24) is 10.0 Å². The van der Waals surface area contributed by atoms with Crippen molar-refractivity contribution in [2.24, 2.45) is 0 Å². The van der Waals surface area contributed by atoms with Crippen molar-refractivity contribution in [2.75, 3.05) is 13.7 Å². The van der Waals surface area contributed by atoms with E-state index in [0.29, 0.717) is 17.9 Å². The first kappa shape index (κ1) is 15.1. The van der Waals surface area contributed by atoms with Gasteiger partial charge in [0.15, 0.2) is 0 Å². The third-order valence-electron chi connectivity index (χ3n) is 3.00. The number of hydrogen-bond acceptors (Lipinski definition) is 4. The molecule has 1 unspecified atom stereocenters. The molecule has 0 aliphatic carbocycles. The molecule has 6 nitrogen and oxygen atoms in total. The number of amides is 1. The minimum absolute atomic E-state index is 0.0290. The third kappa shape index (κ3) is 3.41. The summed E-state index contributed by atoms with van der Waals surface area (Å²) in [6, 6.07) is 4.00. The monoisotopic (exact) mass is 318 g/mol. The normalized spacial score (nSPS) is 19.5. The zero-order chi connectivity index (χ0) is 14.8. The van der Waals surface area contributed by atoms with Crippen molar-refractivity contribution in [2.45, 2.75) is 23.8 Å². The van der Waals surface area contributed by atoms with E-state index in [0.717, 1.165) is 0 Å². The number of sulfonamides is 1. The molecule has 0 aromatic heterocycles. The lowest BCUT2D eigenvalue weighted by molar-refractivity contribution is -0.122. The van der Waals surface area contributed by atoms with Crippen LogP contribution >= 0.6 is 11.6 Å². The van der Waals surface area contributed by atoms with E-state index in [9.17, 15) is 13.2 Å². The molecule has 1 aromatic rings. The molecule has 1 aromatic carbocycles. The van der Waals surface area contributed by atoms with Gasteiger partial charge in [0, 0.05) is 30.1 Å². The van der Waals surface area contributed by atoms with Gasteiger partial charge in [0.05, 0.1) is 7.11 Å². The number of halogens is 1. The van der Waals surface area contributed by atoms with Crippen LogP contribution in [0.15, 0.2) is 23.1 Å². The van der Waals surface area contributed by atoms with E-state index in [4.69, 9.17) is 16.3 Å². The van der Waals surface area contributed by atoms with Gasteiger partial charge in [-0.15, -0.1) is 0 Å². The lowest BCUT2D eigenvalue weighted by Gasteiger charge is -2.23. The second kappa shape index (κ2) is 5.99. The van der Waals surface area contributed by atoms with Gasteiger partial charge in [0.2, 0.25) is 15.9 Å². The number of methoxy groups -OCH3 is 1. The van der Waals surface area contributed by atoms with Crippen LogP contribution in [0.25, 0.3) is 0 Å². The minimum atomic E-state index is -3.72. The van der Waals surface area contributed by atoms with Gasteiger partial charge in [-0.1, -0.05) is 11.6 Å². The molecule has 1 aliphatic heterocycles. The first-order valence-corrected chi connectivity index (χ1v) is 7.91. The van der Waals surface area contributed by atoms with Gasteiger partial charge in [-0.3, -0.25) is 4.79 Å². The number of hydrogen-bond donors (Lipinski definition) is 2. The molecule has 1 fully saturated rings. The Labute approximate surface area is 122 Å². The van der Waals surface area contributed by atoms with Crippen molar-refractivity contribution in [1.29, 1.82) is 0 Å². The van der Waals surface area contributed by atoms with Gasteiger partial charge >= 0.3 is 0 Å². The molecule has 2 N–H and O–H groups in total. The molecule has 2 rings (SSSR count). The summed E-state index contributed by atoms with van der Waals surface area (Å²) in [6.45, 7) is 0.286. The lowest BCUT2D eigenvalue weighted by atomic mass is 10.1. The Bertz CT molecular complexity index is 608. The third-order valence-corrected chi connectivity index (χ3v) is 4.80. The topological polar surface area (TPSA) is 84.5 Å². The highest BCUT2D eigenvalue weighted by Gasteiger charge is 2.26. The Morgan fingerprint density at radius 2 is 2.20 bits per heavy atom. The number of rotatable bonds is 4. The Morgan fingerprint density at radius 1 is 1.45 bits per heavy atom. The van der Waals surface area contributed by atoms with E-state index >= 15 is 0 Å². The SMILES string of the molecule is COc1cc(Cl)ccc1S(=O)(=O)NC1CCC(=O)NC1. The molecule has 1 saturated heterocycles. The Balaban J connectivity index is 2.20. The van der Waals surface area contributed by atoms with Gasteiger partial charge in [-0.2, -0.15) is 0 Å². The molecule has 1 amide bonds. The molecule has 1 aliphatic rings. The Kier molecular flexibility index (Phi) is 4.52. The van der Waals surface area contributed by atoms with E-state index in [1.54, 1.807) is 0 Å². The van der Waals surface area contributed by atoms with E-state index in [1.165, 1.54) is 25.3 Å². The highest BCUT2D eigenvalue weighted by Crippen LogP contribution is 2.27. The van der Waals surface area contributed by atoms with Crippen molar-refractivity contribution in [3.05, 3.63) is 23.2 Å². The number of ether oxygens (including phenoxy) is 1. The van der Waals surface area contributed by atoms with Gasteiger partial charge < -0.3 is 10.1 Å². The van der Waals surface area contributed by atoms with Gasteiger partial charge in [0.1, 0.15) is 10.6 Å². The van der Waals surface area contributed by atoms with Crippen molar-refractivity contribution in [3.8, 4) is 5.75 Å². The van der Waals surface area contributed by atoms with Crippen molar-refractivity contribution >= 4 is 27.5 Å². The molecule has 0 spiro atoms. The van der Waals surface area contributed by atoms with Gasteiger partial charge in [-0.25, -0.2) is 13.1 Å². The van der Waals surface area contributed by atoms with Crippen LogP contribution in [0.1, 0.15) is 12.8 Å². The summed E-state index contributed by atoms with van der Waals surface area (Å²) in [5.41, 5.74) is 0. The zero-order valence-corrected chi connectivity index (χ0v) is 12.4. The van der Waals surface area contributed by atoms with Crippen LogP contribution in [0.5, 0.6) is 5.75 Å². The molecule has 0 bridgehead atoms. The fourth-order valence-electron chi connectivity index (χ4n) is 1.98. The maximum atomic E-state index is 12.3. The second-order valence-corrected chi connectivity index (χ2v) is 6.57. The number of carbonyl (C=O) groups excluding carboxylic acids is 1. The number of piperidine rings is 1. The van der Waals surface area contributed by atoms with Crippen LogP contribution in [0.3, 0.4) is 0 Å². The summed E-state index contributed by atoms with van der Waals surface area (Å²) in [5, 5.41) is 3.02. The Morgan fingerprint density at radius 3 is 2.80 bits per heavy atom. The predicted octanol–water partition coefficient (Wildman–Crippen LogP) is 0.906. The molecular formula is C12H15ClN2O4S. The first-order valence-electron chi connectivity index (χ1n) is 6.05. The van der Waals surface area contributed by atoms with Gasteiger partial charge in [-0.05, 0) is 18.6 Å². The van der Waals surface area contributed by atoms with Crippen LogP contribution in [0.4, 0.5) is 0 Å². The van der Waals surface area contributed by atoms with E-state index in [-0.39, 0.29) is 29.1 Å². The number of nitrogens with one attached hydrogen (secondary N) is 2. The molecule has 20 heavy (non-hydrogen) atoms. The van der Waals surface area contributed by atoms with Crippen LogP contribution < -0.4 is 14.8 Å². The standard InChI is InChI=1S/C12H15ClN2O4S/c1-19-10-6-8(13)2-4-11(10)20(17,18)15-9-3-5-12(16)14-7-9/h2,4,6,9,15H,3,5,7H2,1H3,(H,14,16). The molecule has 0 saturated carbocycles. The summed E-state index contributed by atoms with van der Waals surface area (Å²) in [7, 11) is -2.34. The van der Waals surface area contributed by atoms with E-state index < -0.39 is 10.0 Å². The molecule has 110 valence electrons. The summed E-state index contributed by atoms with van der Waals surface area (Å²) >= 11 is 5.81. The van der Waals surface area contributed by atoms with Crippen molar-refractivity contribution < 1.29 is 17.9 Å². The summed E-state index contributed by atoms with van der Waals surface area (Å²) < 4.78 is 32.3. The average molecular weight is 319 g/mol. The molecule has 8 heteroatoms. The number of benzene rings is 1. The zero-order valence-electron chi connectivity index (χ0n) is 10.8. The molecule has 0 radical (unpaired) electrons. The highest BCUT2D eigenvalue weighted by molar-refractivity contribution is 7.89.